The predicted octanol–water partition coefficient (Wildman–Crippen LogP) is 5.25. The topological polar surface area (TPSA) is 49.9 Å². The number of nitrogens with one attached hydrogen (secondary N) is 1. The zero-order chi connectivity index (χ0) is 23.5. The highest BCUT2D eigenvalue weighted by atomic mass is 127. The Morgan fingerprint density at radius 2 is 1.82 bits per heavy atom. The van der Waals surface area contributed by atoms with E-state index < -0.39 is 0 Å². The van der Waals surface area contributed by atoms with Gasteiger partial charge in [0.1, 0.15) is 5.82 Å². The Bertz CT molecular complexity index is 984. The van der Waals surface area contributed by atoms with Crippen molar-refractivity contribution >= 4 is 39.3 Å². The molecule has 0 saturated carbocycles. The van der Waals surface area contributed by atoms with Crippen LogP contribution in [0.25, 0.3) is 10.9 Å². The molecule has 0 radical (unpaired) electrons. The van der Waals surface area contributed by atoms with Gasteiger partial charge in [0.25, 0.3) is 0 Å². The minimum Gasteiger partial charge on any atom is -0.493 e. The van der Waals surface area contributed by atoms with Crippen LogP contribution < -0.4 is 14.8 Å². The number of hydrogen-bond donors (Lipinski definition) is 1. The minimum absolute atomic E-state index is 0.501. The van der Waals surface area contributed by atoms with E-state index in [9.17, 15) is 0 Å². The number of halogens is 1. The van der Waals surface area contributed by atoms with Crippen molar-refractivity contribution in [1.29, 1.82) is 0 Å². The number of benzene rings is 1. The molecule has 186 valence electrons. The largest absolute Gasteiger partial charge is 0.493 e. The first kappa shape index (κ1) is 24.4. The second-order valence-electron chi connectivity index (χ2n) is 10.1. The van der Waals surface area contributed by atoms with E-state index in [-0.39, 0.29) is 0 Å². The van der Waals surface area contributed by atoms with Gasteiger partial charge in [0.15, 0.2) is 11.5 Å². The van der Waals surface area contributed by atoms with E-state index >= 15 is 0 Å². The summed E-state index contributed by atoms with van der Waals surface area (Å²) in [5.41, 5.74) is 3.89. The lowest BCUT2D eigenvalue weighted by Gasteiger charge is -2.34. The average Bonchev–Trinajstić information content (AvgIpc) is 3.54. The van der Waals surface area contributed by atoms with Crippen LogP contribution in [0.1, 0.15) is 56.6 Å². The maximum atomic E-state index is 6.22. The molecule has 2 aromatic rings. The number of likely N-dealkylation sites (tertiary alicyclic amines) is 2. The number of aryl methyl sites for hydroxylation is 1. The molecule has 7 heteroatoms. The molecular formula is C27H39IN4O2. The number of fused-ring (bicyclic) bond motifs is 3. The normalized spacial score (nSPS) is 20.6. The molecule has 2 fully saturated rings. The Hall–Kier alpha value is -1.32. The summed E-state index contributed by atoms with van der Waals surface area (Å²) in [7, 11) is 1.74. The zero-order valence-corrected chi connectivity index (χ0v) is 22.9. The van der Waals surface area contributed by atoms with E-state index in [0.29, 0.717) is 16.7 Å². The lowest BCUT2D eigenvalue weighted by Crippen LogP contribution is -2.41. The molecule has 3 heterocycles. The molecule has 0 amide bonds. The van der Waals surface area contributed by atoms with Gasteiger partial charge < -0.3 is 19.7 Å². The van der Waals surface area contributed by atoms with Crippen molar-refractivity contribution in [2.24, 2.45) is 0 Å². The molecule has 1 unspecified atom stereocenters. The molecule has 1 aromatic carbocycles. The number of ether oxygens (including phenoxy) is 2. The molecular weight excluding hydrogens is 539 g/mol. The monoisotopic (exact) mass is 578 g/mol. The number of pyridine rings is 1. The molecule has 1 N–H and O–H groups in total. The van der Waals surface area contributed by atoms with Crippen LogP contribution in [-0.2, 0) is 12.8 Å². The van der Waals surface area contributed by atoms with Crippen molar-refractivity contribution in [2.45, 2.75) is 68.4 Å². The average molecular weight is 579 g/mol. The Morgan fingerprint density at radius 1 is 1.06 bits per heavy atom. The summed E-state index contributed by atoms with van der Waals surface area (Å²) in [5.74, 6) is 2.74. The number of methoxy groups -OCH3 is 1. The van der Waals surface area contributed by atoms with E-state index in [2.05, 4.69) is 56.8 Å². The Morgan fingerprint density at radius 3 is 2.56 bits per heavy atom. The first-order valence-corrected chi connectivity index (χ1v) is 14.4. The van der Waals surface area contributed by atoms with Gasteiger partial charge in [-0.2, -0.15) is 0 Å². The van der Waals surface area contributed by atoms with Crippen molar-refractivity contribution in [3.05, 3.63) is 23.3 Å². The molecule has 2 saturated heterocycles. The third-order valence-corrected chi connectivity index (χ3v) is 8.58. The second kappa shape index (κ2) is 11.2. The van der Waals surface area contributed by atoms with Gasteiger partial charge in [-0.1, -0.05) is 22.6 Å². The molecule has 2 aliphatic heterocycles. The number of alkyl halides is 1. The van der Waals surface area contributed by atoms with Gasteiger partial charge in [0.2, 0.25) is 0 Å². The predicted molar refractivity (Wildman–Crippen MR) is 148 cm³/mol. The first-order chi connectivity index (χ1) is 16.6. The van der Waals surface area contributed by atoms with Gasteiger partial charge in [-0.25, -0.2) is 4.98 Å². The standard InChI is InChI=1S/C27H39IN4O2/c1-19(28)32-14-9-20(10-15-32)29-27-22-8-5-7-21(22)23-17-25(33-2)26(18-24(23)30-27)34-16-6-13-31-11-3-4-12-31/h17-20H,3-16H2,1-2H3,(H,29,30). The van der Waals surface area contributed by atoms with Crippen molar-refractivity contribution in [1.82, 2.24) is 14.8 Å². The van der Waals surface area contributed by atoms with Gasteiger partial charge in [0.05, 0.1) is 23.3 Å². The Balaban J connectivity index is 1.33. The number of aromatic nitrogens is 1. The molecule has 34 heavy (non-hydrogen) atoms. The van der Waals surface area contributed by atoms with Gasteiger partial charge in [-0.05, 0) is 88.6 Å². The van der Waals surface area contributed by atoms with E-state index in [1.165, 1.54) is 61.7 Å². The number of hydrogen-bond acceptors (Lipinski definition) is 6. The van der Waals surface area contributed by atoms with Crippen LogP contribution in [0.3, 0.4) is 0 Å². The smallest absolute Gasteiger partial charge is 0.163 e. The quantitative estimate of drug-likeness (QED) is 0.190. The fraction of sp³-hybridized carbons (Fsp3) is 0.667. The van der Waals surface area contributed by atoms with Crippen molar-refractivity contribution < 1.29 is 9.47 Å². The van der Waals surface area contributed by atoms with Gasteiger partial charge in [0, 0.05) is 37.1 Å². The van der Waals surface area contributed by atoms with Crippen molar-refractivity contribution in [3.8, 4) is 11.5 Å². The van der Waals surface area contributed by atoms with Crippen LogP contribution in [0.4, 0.5) is 5.82 Å². The third-order valence-electron chi connectivity index (χ3n) is 7.79. The highest BCUT2D eigenvalue weighted by Gasteiger charge is 2.26. The van der Waals surface area contributed by atoms with Crippen LogP contribution in [0.15, 0.2) is 12.1 Å². The molecule has 1 atom stereocenters. The fourth-order valence-electron chi connectivity index (χ4n) is 5.83. The van der Waals surface area contributed by atoms with Crippen LogP contribution in [0.5, 0.6) is 11.5 Å². The molecule has 6 nitrogen and oxygen atoms in total. The van der Waals surface area contributed by atoms with Gasteiger partial charge >= 0.3 is 0 Å². The number of rotatable bonds is 9. The number of anilines is 1. The molecule has 1 aromatic heterocycles. The highest BCUT2D eigenvalue weighted by molar-refractivity contribution is 14.1. The zero-order valence-electron chi connectivity index (χ0n) is 20.7. The molecule has 5 rings (SSSR count). The lowest BCUT2D eigenvalue weighted by molar-refractivity contribution is 0.220. The fourth-order valence-corrected chi connectivity index (χ4v) is 6.39. The first-order valence-electron chi connectivity index (χ1n) is 13.2. The number of piperidine rings is 1. The maximum absolute atomic E-state index is 6.22. The summed E-state index contributed by atoms with van der Waals surface area (Å²) < 4.78 is 12.6. The molecule has 1 aliphatic carbocycles. The van der Waals surface area contributed by atoms with Crippen LogP contribution >= 0.6 is 22.6 Å². The van der Waals surface area contributed by atoms with Gasteiger partial charge in [-0.15, -0.1) is 0 Å². The summed E-state index contributed by atoms with van der Waals surface area (Å²) in [5, 5.41) is 5.08. The molecule has 0 bridgehead atoms. The highest BCUT2D eigenvalue weighted by Crippen LogP contribution is 2.39. The molecule has 0 spiro atoms. The summed E-state index contributed by atoms with van der Waals surface area (Å²) in [6, 6.07) is 4.76. The van der Waals surface area contributed by atoms with Gasteiger partial charge in [-0.3, -0.25) is 4.90 Å². The third kappa shape index (κ3) is 5.41. The summed E-state index contributed by atoms with van der Waals surface area (Å²) in [6.07, 6.45) is 9.50. The van der Waals surface area contributed by atoms with Crippen LogP contribution in [-0.4, -0.2) is 71.3 Å². The van der Waals surface area contributed by atoms with E-state index in [4.69, 9.17) is 14.5 Å². The molecule has 3 aliphatic rings. The number of nitrogens with zero attached hydrogens (tertiary/aromatic N) is 3. The summed E-state index contributed by atoms with van der Waals surface area (Å²) in [4.78, 5) is 10.3. The Kier molecular flexibility index (Phi) is 8.01. The van der Waals surface area contributed by atoms with E-state index in [0.717, 1.165) is 61.7 Å². The van der Waals surface area contributed by atoms with Crippen molar-refractivity contribution in [2.75, 3.05) is 51.8 Å². The minimum atomic E-state index is 0.501. The van der Waals surface area contributed by atoms with Crippen molar-refractivity contribution in [3.63, 3.8) is 0 Å². The van der Waals surface area contributed by atoms with E-state index in [1.807, 2.05) is 0 Å². The van der Waals surface area contributed by atoms with E-state index in [1.54, 1.807) is 7.11 Å². The SMILES string of the molecule is COc1cc2c3c(c(NC4CCN(C(C)I)CC4)nc2cc1OCCCN1CCCC1)CCC3. The van der Waals surface area contributed by atoms with Crippen LogP contribution in [0, 0.1) is 0 Å². The maximum Gasteiger partial charge on any atom is 0.163 e. The lowest BCUT2D eigenvalue weighted by atomic mass is 10.0. The van der Waals surface area contributed by atoms with Crippen LogP contribution in [0.2, 0.25) is 0 Å². The summed E-state index contributed by atoms with van der Waals surface area (Å²) >= 11 is 2.52. The summed E-state index contributed by atoms with van der Waals surface area (Å²) in [6.45, 7) is 8.90. The Labute approximate surface area is 217 Å². The second-order valence-corrected chi connectivity index (χ2v) is 11.9.